The zero-order valence-corrected chi connectivity index (χ0v) is 9.98. The second-order valence-electron chi connectivity index (χ2n) is 4.42. The predicted molar refractivity (Wildman–Crippen MR) is 58.9 cm³/mol. The van der Waals surface area contributed by atoms with Crippen LogP contribution in [0.5, 0.6) is 0 Å². The summed E-state index contributed by atoms with van der Waals surface area (Å²) in [7, 11) is 0. The van der Waals surface area contributed by atoms with Crippen molar-refractivity contribution in [2.75, 3.05) is 33.0 Å². The lowest BCUT2D eigenvalue weighted by Crippen LogP contribution is -2.38. The van der Waals surface area contributed by atoms with Gasteiger partial charge in [0.15, 0.2) is 0 Å². The molecule has 1 atom stereocenters. The van der Waals surface area contributed by atoms with E-state index >= 15 is 0 Å². The molecule has 1 fully saturated rings. The molecule has 0 unspecified atom stereocenters. The van der Waals surface area contributed by atoms with Crippen molar-refractivity contribution in [3.8, 4) is 0 Å². The number of carbonyl (C=O) groups is 1. The average molecular weight is 231 g/mol. The fourth-order valence-electron chi connectivity index (χ4n) is 1.33. The molecule has 94 valence electrons. The maximum Gasteiger partial charge on any atom is 0.323 e. The largest absolute Gasteiger partial charge is 0.464 e. The van der Waals surface area contributed by atoms with E-state index < -0.39 is 6.04 Å². The lowest BCUT2D eigenvalue weighted by molar-refractivity contribution is -0.148. The van der Waals surface area contributed by atoms with Gasteiger partial charge in [0.05, 0.1) is 33.0 Å². The Bertz CT molecular complexity index is 212. The van der Waals surface area contributed by atoms with Crippen molar-refractivity contribution >= 4 is 5.97 Å². The van der Waals surface area contributed by atoms with Crippen molar-refractivity contribution in [3.05, 3.63) is 0 Å². The summed E-state index contributed by atoms with van der Waals surface area (Å²) in [4.78, 5) is 11.5. The zero-order valence-electron chi connectivity index (χ0n) is 9.98. The minimum absolute atomic E-state index is 0.0918. The van der Waals surface area contributed by atoms with Gasteiger partial charge < -0.3 is 19.9 Å². The third kappa shape index (κ3) is 4.47. The molecule has 5 nitrogen and oxygen atoms in total. The van der Waals surface area contributed by atoms with Gasteiger partial charge in [-0.25, -0.2) is 0 Å². The van der Waals surface area contributed by atoms with Crippen LogP contribution in [0.2, 0.25) is 0 Å². The van der Waals surface area contributed by atoms with E-state index in [4.69, 9.17) is 19.9 Å². The fraction of sp³-hybridized carbons (Fsp3) is 0.909. The molecule has 1 heterocycles. The standard InChI is InChI=1S/C11H21NO4/c1-8(2)10(12)11(13)16-7-9-5-14-3-4-15-6-9/h8-10H,3-7,12H2,1-2H3/t10-/m0/s1. The molecule has 16 heavy (non-hydrogen) atoms. The van der Waals surface area contributed by atoms with E-state index in [1.807, 2.05) is 13.8 Å². The van der Waals surface area contributed by atoms with E-state index in [9.17, 15) is 4.79 Å². The highest BCUT2D eigenvalue weighted by atomic mass is 16.6. The first kappa shape index (κ1) is 13.4. The number of hydrogen-bond donors (Lipinski definition) is 1. The van der Waals surface area contributed by atoms with Crippen LogP contribution in [0.25, 0.3) is 0 Å². The lowest BCUT2D eigenvalue weighted by atomic mass is 10.1. The van der Waals surface area contributed by atoms with Crippen LogP contribution in [0.15, 0.2) is 0 Å². The Balaban J connectivity index is 2.24. The Labute approximate surface area is 96.2 Å². The summed E-state index contributed by atoms with van der Waals surface area (Å²) in [6, 6.07) is -0.549. The maximum atomic E-state index is 11.5. The second-order valence-corrected chi connectivity index (χ2v) is 4.42. The molecule has 1 rings (SSSR count). The van der Waals surface area contributed by atoms with E-state index in [-0.39, 0.29) is 17.8 Å². The SMILES string of the molecule is CC(C)[C@H](N)C(=O)OCC1COCCOC1. The summed E-state index contributed by atoms with van der Waals surface area (Å²) in [6.07, 6.45) is 0. The molecule has 0 saturated carbocycles. The van der Waals surface area contributed by atoms with Crippen LogP contribution >= 0.6 is 0 Å². The van der Waals surface area contributed by atoms with E-state index in [0.29, 0.717) is 33.0 Å². The van der Waals surface area contributed by atoms with Gasteiger partial charge in [-0.3, -0.25) is 4.79 Å². The fourth-order valence-corrected chi connectivity index (χ4v) is 1.33. The van der Waals surface area contributed by atoms with Crippen LogP contribution in [-0.2, 0) is 19.0 Å². The Morgan fingerprint density at radius 3 is 2.44 bits per heavy atom. The molecular weight excluding hydrogens is 210 g/mol. The molecule has 0 aromatic carbocycles. The normalized spacial score (nSPS) is 20.5. The molecule has 0 bridgehead atoms. The van der Waals surface area contributed by atoms with Gasteiger partial charge in [0.1, 0.15) is 6.04 Å². The van der Waals surface area contributed by atoms with Crippen LogP contribution in [0.3, 0.4) is 0 Å². The summed E-state index contributed by atoms with van der Waals surface area (Å²) in [6.45, 7) is 6.47. The highest BCUT2D eigenvalue weighted by Crippen LogP contribution is 2.06. The van der Waals surface area contributed by atoms with Gasteiger partial charge in [0.25, 0.3) is 0 Å². The molecule has 0 aromatic heterocycles. The Morgan fingerprint density at radius 1 is 1.38 bits per heavy atom. The van der Waals surface area contributed by atoms with Crippen LogP contribution in [0, 0.1) is 11.8 Å². The number of ether oxygens (including phenoxy) is 3. The minimum atomic E-state index is -0.549. The topological polar surface area (TPSA) is 70.8 Å². The van der Waals surface area contributed by atoms with Crippen LogP contribution < -0.4 is 5.73 Å². The number of hydrogen-bond acceptors (Lipinski definition) is 5. The molecule has 0 aromatic rings. The van der Waals surface area contributed by atoms with Crippen molar-refractivity contribution in [3.63, 3.8) is 0 Å². The minimum Gasteiger partial charge on any atom is -0.464 e. The molecule has 2 N–H and O–H groups in total. The summed E-state index contributed by atoms with van der Waals surface area (Å²) in [5, 5.41) is 0. The van der Waals surface area contributed by atoms with Crippen LogP contribution in [0.4, 0.5) is 0 Å². The number of nitrogens with two attached hydrogens (primary N) is 1. The quantitative estimate of drug-likeness (QED) is 0.699. The van der Waals surface area contributed by atoms with Gasteiger partial charge in [-0.1, -0.05) is 13.8 Å². The molecule has 1 saturated heterocycles. The molecule has 0 radical (unpaired) electrons. The molecule has 1 aliphatic rings. The van der Waals surface area contributed by atoms with Crippen molar-refractivity contribution in [1.29, 1.82) is 0 Å². The van der Waals surface area contributed by atoms with Gasteiger partial charge in [-0.05, 0) is 5.92 Å². The first-order valence-electron chi connectivity index (χ1n) is 5.69. The van der Waals surface area contributed by atoms with E-state index in [1.54, 1.807) is 0 Å². The molecule has 1 aliphatic heterocycles. The molecule has 0 aliphatic carbocycles. The number of esters is 1. The van der Waals surface area contributed by atoms with Gasteiger partial charge in [-0.2, -0.15) is 0 Å². The lowest BCUT2D eigenvalue weighted by Gasteiger charge is -2.17. The van der Waals surface area contributed by atoms with Gasteiger partial charge in [-0.15, -0.1) is 0 Å². The Kier molecular flexibility index (Phi) is 5.73. The first-order valence-corrected chi connectivity index (χ1v) is 5.69. The predicted octanol–water partition coefficient (Wildman–Crippen LogP) is 0.176. The molecular formula is C11H21NO4. The van der Waals surface area contributed by atoms with E-state index in [1.165, 1.54) is 0 Å². The first-order chi connectivity index (χ1) is 7.61. The molecule has 0 amide bonds. The van der Waals surface area contributed by atoms with Crippen molar-refractivity contribution in [2.45, 2.75) is 19.9 Å². The zero-order chi connectivity index (χ0) is 12.0. The summed E-state index contributed by atoms with van der Waals surface area (Å²) in [5.41, 5.74) is 5.67. The van der Waals surface area contributed by atoms with Crippen molar-refractivity contribution in [2.24, 2.45) is 17.6 Å². The Hall–Kier alpha value is -0.650. The summed E-state index contributed by atoms with van der Waals surface area (Å²) < 4.78 is 15.7. The van der Waals surface area contributed by atoms with Crippen molar-refractivity contribution in [1.82, 2.24) is 0 Å². The molecule has 0 spiro atoms. The van der Waals surface area contributed by atoms with E-state index in [0.717, 1.165) is 0 Å². The van der Waals surface area contributed by atoms with E-state index in [2.05, 4.69) is 0 Å². The Morgan fingerprint density at radius 2 is 1.94 bits per heavy atom. The third-order valence-electron chi connectivity index (χ3n) is 2.53. The highest BCUT2D eigenvalue weighted by molar-refractivity contribution is 5.75. The van der Waals surface area contributed by atoms with Crippen LogP contribution in [-0.4, -0.2) is 45.0 Å². The van der Waals surface area contributed by atoms with Gasteiger partial charge in [0, 0.05) is 5.92 Å². The number of carbonyl (C=O) groups excluding carboxylic acids is 1. The molecule has 5 heteroatoms. The second kappa shape index (κ2) is 6.83. The summed E-state index contributed by atoms with van der Waals surface area (Å²) in [5.74, 6) is -0.140. The number of rotatable bonds is 4. The van der Waals surface area contributed by atoms with Gasteiger partial charge in [0.2, 0.25) is 0 Å². The van der Waals surface area contributed by atoms with Gasteiger partial charge >= 0.3 is 5.97 Å². The summed E-state index contributed by atoms with van der Waals surface area (Å²) >= 11 is 0. The monoisotopic (exact) mass is 231 g/mol. The van der Waals surface area contributed by atoms with Crippen LogP contribution in [0.1, 0.15) is 13.8 Å². The smallest absolute Gasteiger partial charge is 0.323 e. The third-order valence-corrected chi connectivity index (χ3v) is 2.53. The average Bonchev–Trinajstić information content (AvgIpc) is 2.53. The van der Waals surface area contributed by atoms with Crippen molar-refractivity contribution < 1.29 is 19.0 Å². The maximum absolute atomic E-state index is 11.5. The highest BCUT2D eigenvalue weighted by Gasteiger charge is 2.21.